The first kappa shape index (κ1) is 12.3. The molecule has 0 aliphatic rings. The van der Waals surface area contributed by atoms with E-state index in [1.165, 1.54) is 0 Å². The molecule has 1 aromatic rings. The standard InChI is InChI=1S/C11H16BrNO2/c1-7(2)10(12)11(14)13-6-9-5-4-8(3)15-9/h4-5,7,10H,6H2,1-3H3,(H,13,14). The van der Waals surface area contributed by atoms with E-state index in [2.05, 4.69) is 21.2 Å². The van der Waals surface area contributed by atoms with Crippen molar-refractivity contribution in [2.24, 2.45) is 5.92 Å². The Morgan fingerprint density at radius 3 is 2.67 bits per heavy atom. The highest BCUT2D eigenvalue weighted by molar-refractivity contribution is 9.10. The molecule has 0 aliphatic carbocycles. The quantitative estimate of drug-likeness (QED) is 0.857. The molecular weight excluding hydrogens is 258 g/mol. The van der Waals surface area contributed by atoms with Crippen LogP contribution in [0.25, 0.3) is 0 Å². The van der Waals surface area contributed by atoms with Gasteiger partial charge in [-0.2, -0.15) is 0 Å². The first-order valence-electron chi connectivity index (χ1n) is 4.98. The van der Waals surface area contributed by atoms with E-state index in [0.29, 0.717) is 6.54 Å². The molecule has 0 aromatic carbocycles. The van der Waals surface area contributed by atoms with E-state index in [1.54, 1.807) is 0 Å². The minimum atomic E-state index is -0.145. The van der Waals surface area contributed by atoms with Crippen LogP contribution < -0.4 is 5.32 Å². The van der Waals surface area contributed by atoms with Crippen molar-refractivity contribution in [2.45, 2.75) is 32.1 Å². The van der Waals surface area contributed by atoms with Crippen LogP contribution in [-0.4, -0.2) is 10.7 Å². The van der Waals surface area contributed by atoms with Gasteiger partial charge in [-0.15, -0.1) is 0 Å². The summed E-state index contributed by atoms with van der Waals surface area (Å²) in [6.07, 6.45) is 0. The first-order valence-corrected chi connectivity index (χ1v) is 5.89. The van der Waals surface area contributed by atoms with Gasteiger partial charge < -0.3 is 9.73 Å². The second-order valence-electron chi connectivity index (χ2n) is 3.88. The van der Waals surface area contributed by atoms with E-state index in [4.69, 9.17) is 4.42 Å². The van der Waals surface area contributed by atoms with E-state index in [1.807, 2.05) is 32.9 Å². The number of halogens is 1. The number of alkyl halides is 1. The van der Waals surface area contributed by atoms with Gasteiger partial charge in [-0.1, -0.05) is 29.8 Å². The summed E-state index contributed by atoms with van der Waals surface area (Å²) in [6, 6.07) is 3.75. The Morgan fingerprint density at radius 1 is 1.53 bits per heavy atom. The zero-order valence-electron chi connectivity index (χ0n) is 9.21. The van der Waals surface area contributed by atoms with Gasteiger partial charge in [0.2, 0.25) is 5.91 Å². The molecule has 15 heavy (non-hydrogen) atoms. The fourth-order valence-corrected chi connectivity index (χ4v) is 1.32. The van der Waals surface area contributed by atoms with Crippen molar-refractivity contribution in [3.8, 4) is 0 Å². The zero-order valence-corrected chi connectivity index (χ0v) is 10.8. The molecular formula is C11H16BrNO2. The van der Waals surface area contributed by atoms with Crippen molar-refractivity contribution in [1.29, 1.82) is 0 Å². The molecule has 1 rings (SSSR count). The fraction of sp³-hybridized carbons (Fsp3) is 0.545. The number of hydrogen-bond acceptors (Lipinski definition) is 2. The monoisotopic (exact) mass is 273 g/mol. The van der Waals surface area contributed by atoms with E-state index < -0.39 is 0 Å². The highest BCUT2D eigenvalue weighted by Gasteiger charge is 2.18. The third kappa shape index (κ3) is 3.70. The maximum Gasteiger partial charge on any atom is 0.234 e. The minimum absolute atomic E-state index is 0.000877. The Bertz CT molecular complexity index is 333. The highest BCUT2D eigenvalue weighted by Crippen LogP contribution is 2.12. The van der Waals surface area contributed by atoms with Gasteiger partial charge in [0.15, 0.2) is 0 Å². The SMILES string of the molecule is Cc1ccc(CNC(=O)C(Br)C(C)C)o1. The van der Waals surface area contributed by atoms with Crippen molar-refractivity contribution in [2.75, 3.05) is 0 Å². The van der Waals surface area contributed by atoms with Gasteiger partial charge in [0.1, 0.15) is 11.5 Å². The summed E-state index contributed by atoms with van der Waals surface area (Å²) in [6.45, 7) is 6.32. The second kappa shape index (κ2) is 5.35. The third-order valence-electron chi connectivity index (χ3n) is 2.07. The summed E-state index contributed by atoms with van der Waals surface area (Å²) >= 11 is 3.34. The number of aryl methyl sites for hydroxylation is 1. The summed E-state index contributed by atoms with van der Waals surface area (Å²) in [7, 11) is 0. The Kier molecular flexibility index (Phi) is 4.39. The summed E-state index contributed by atoms with van der Waals surface area (Å²) in [5.41, 5.74) is 0. The van der Waals surface area contributed by atoms with Crippen molar-refractivity contribution in [3.05, 3.63) is 23.7 Å². The van der Waals surface area contributed by atoms with Gasteiger partial charge in [0.25, 0.3) is 0 Å². The van der Waals surface area contributed by atoms with E-state index in [9.17, 15) is 4.79 Å². The molecule has 4 heteroatoms. The van der Waals surface area contributed by atoms with Gasteiger partial charge in [-0.25, -0.2) is 0 Å². The number of rotatable bonds is 4. The average Bonchev–Trinajstić information content (AvgIpc) is 2.59. The molecule has 0 saturated carbocycles. The van der Waals surface area contributed by atoms with Crippen molar-refractivity contribution < 1.29 is 9.21 Å². The van der Waals surface area contributed by atoms with Crippen LogP contribution in [0.1, 0.15) is 25.4 Å². The molecule has 1 aromatic heterocycles. The van der Waals surface area contributed by atoms with Gasteiger partial charge in [-0.3, -0.25) is 4.79 Å². The molecule has 3 nitrogen and oxygen atoms in total. The lowest BCUT2D eigenvalue weighted by Crippen LogP contribution is -2.33. The second-order valence-corrected chi connectivity index (χ2v) is 4.86. The van der Waals surface area contributed by atoms with Crippen molar-refractivity contribution in [3.63, 3.8) is 0 Å². The Labute approximate surface area is 98.4 Å². The van der Waals surface area contributed by atoms with Crippen LogP contribution in [0.15, 0.2) is 16.5 Å². The van der Waals surface area contributed by atoms with E-state index in [0.717, 1.165) is 11.5 Å². The molecule has 1 N–H and O–H groups in total. The molecule has 0 fully saturated rings. The van der Waals surface area contributed by atoms with Crippen LogP contribution in [0.2, 0.25) is 0 Å². The van der Waals surface area contributed by atoms with Gasteiger partial charge in [0, 0.05) is 0 Å². The number of carbonyl (C=O) groups excluding carboxylic acids is 1. The van der Waals surface area contributed by atoms with Gasteiger partial charge >= 0.3 is 0 Å². The normalized spacial score (nSPS) is 12.9. The zero-order chi connectivity index (χ0) is 11.4. The van der Waals surface area contributed by atoms with E-state index in [-0.39, 0.29) is 16.7 Å². The fourth-order valence-electron chi connectivity index (χ4n) is 1.15. The molecule has 1 heterocycles. The van der Waals surface area contributed by atoms with Crippen LogP contribution in [0.5, 0.6) is 0 Å². The Balaban J connectivity index is 2.40. The molecule has 1 unspecified atom stereocenters. The van der Waals surface area contributed by atoms with Crippen molar-refractivity contribution >= 4 is 21.8 Å². The third-order valence-corrected chi connectivity index (χ3v) is 3.54. The number of hydrogen-bond donors (Lipinski definition) is 1. The predicted molar refractivity (Wildman–Crippen MR) is 62.8 cm³/mol. The first-order chi connectivity index (χ1) is 7.00. The van der Waals surface area contributed by atoms with Crippen LogP contribution in [-0.2, 0) is 11.3 Å². The summed E-state index contributed by atoms with van der Waals surface area (Å²) in [5, 5.41) is 2.81. The van der Waals surface area contributed by atoms with Crippen LogP contribution in [0.3, 0.4) is 0 Å². The summed E-state index contributed by atoms with van der Waals surface area (Å²) in [4.78, 5) is 11.4. The maximum atomic E-state index is 11.6. The molecule has 0 bridgehead atoms. The molecule has 0 aliphatic heterocycles. The smallest absolute Gasteiger partial charge is 0.234 e. The van der Waals surface area contributed by atoms with Crippen LogP contribution in [0, 0.1) is 12.8 Å². The van der Waals surface area contributed by atoms with Crippen molar-refractivity contribution in [1.82, 2.24) is 5.32 Å². The largest absolute Gasteiger partial charge is 0.465 e. The molecule has 1 atom stereocenters. The summed E-state index contributed by atoms with van der Waals surface area (Å²) in [5.74, 6) is 1.92. The Hall–Kier alpha value is -0.770. The molecule has 0 saturated heterocycles. The lowest BCUT2D eigenvalue weighted by atomic mass is 10.1. The number of nitrogens with one attached hydrogen (secondary N) is 1. The maximum absolute atomic E-state index is 11.6. The predicted octanol–water partition coefficient (Wildman–Crippen LogP) is 2.62. The molecule has 0 spiro atoms. The summed E-state index contributed by atoms with van der Waals surface area (Å²) < 4.78 is 5.34. The minimum Gasteiger partial charge on any atom is -0.465 e. The molecule has 0 radical (unpaired) electrons. The lowest BCUT2D eigenvalue weighted by Gasteiger charge is -2.12. The lowest BCUT2D eigenvalue weighted by molar-refractivity contribution is -0.121. The molecule has 84 valence electrons. The van der Waals surface area contributed by atoms with Gasteiger partial charge in [-0.05, 0) is 25.0 Å². The van der Waals surface area contributed by atoms with Crippen LogP contribution >= 0.6 is 15.9 Å². The number of carbonyl (C=O) groups is 1. The van der Waals surface area contributed by atoms with Crippen LogP contribution in [0.4, 0.5) is 0 Å². The van der Waals surface area contributed by atoms with E-state index >= 15 is 0 Å². The van der Waals surface area contributed by atoms with Gasteiger partial charge in [0.05, 0.1) is 11.4 Å². The molecule has 1 amide bonds. The Morgan fingerprint density at radius 2 is 2.20 bits per heavy atom. The number of amides is 1. The number of furan rings is 1. The average molecular weight is 274 g/mol. The highest BCUT2D eigenvalue weighted by atomic mass is 79.9. The topological polar surface area (TPSA) is 42.2 Å².